The van der Waals surface area contributed by atoms with Crippen LogP contribution in [0.4, 0.5) is 4.39 Å². The summed E-state index contributed by atoms with van der Waals surface area (Å²) in [6, 6.07) is 1.52. The Hall–Kier alpha value is -1.27. The van der Waals surface area contributed by atoms with E-state index in [1.54, 1.807) is 0 Å². The maximum atomic E-state index is 14.0. The third kappa shape index (κ3) is 2.76. The first-order valence-corrected chi connectivity index (χ1v) is 9.86. The van der Waals surface area contributed by atoms with Gasteiger partial charge in [-0.25, -0.2) is 4.39 Å². The van der Waals surface area contributed by atoms with Gasteiger partial charge in [0.05, 0.1) is 6.61 Å². The first-order chi connectivity index (χ1) is 8.38. The van der Waals surface area contributed by atoms with Crippen molar-refractivity contribution in [2.24, 2.45) is 0 Å². The normalized spacial score (nSPS) is 14.3. The number of hydrogen-bond donors (Lipinski definition) is 0. The molecule has 1 nitrogen and oxygen atoms in total. The summed E-state index contributed by atoms with van der Waals surface area (Å²) in [6.07, 6.45) is 1.85. The van der Waals surface area contributed by atoms with E-state index in [-0.39, 0.29) is 5.82 Å². The molecule has 2 rings (SSSR count). The Bertz CT molecular complexity index is 532. The molecular weight excluding hydrogens is 243 g/mol. The molecule has 96 valence electrons. The lowest BCUT2D eigenvalue weighted by Crippen LogP contribution is -2.16. The first-order valence-electron chi connectivity index (χ1n) is 6.36. The molecule has 0 aliphatic carbocycles. The summed E-state index contributed by atoms with van der Waals surface area (Å²) in [6.45, 7) is 9.19. The van der Waals surface area contributed by atoms with Gasteiger partial charge in [-0.1, -0.05) is 25.6 Å². The predicted octanol–water partition coefficient (Wildman–Crippen LogP) is 3.69. The third-order valence-electron chi connectivity index (χ3n) is 3.01. The standard InChI is InChI=1S/C15H19FOSi/c1-11-12(7-9-18(2,3)4)10-14(16)15-13(11)6-5-8-17-15/h10H,5-6,8H2,1-4H3. The van der Waals surface area contributed by atoms with E-state index < -0.39 is 8.07 Å². The third-order valence-corrected chi connectivity index (χ3v) is 3.88. The Kier molecular flexibility index (Phi) is 3.49. The summed E-state index contributed by atoms with van der Waals surface area (Å²) < 4.78 is 19.4. The van der Waals surface area contributed by atoms with Crippen molar-refractivity contribution in [1.29, 1.82) is 0 Å². The summed E-state index contributed by atoms with van der Waals surface area (Å²) in [7, 11) is -1.43. The Morgan fingerprint density at radius 1 is 1.33 bits per heavy atom. The van der Waals surface area contributed by atoms with Gasteiger partial charge in [-0.05, 0) is 31.4 Å². The molecule has 1 aromatic carbocycles. The summed E-state index contributed by atoms with van der Waals surface area (Å²) in [4.78, 5) is 0. The van der Waals surface area contributed by atoms with Crippen LogP contribution in [0.2, 0.25) is 19.6 Å². The number of ether oxygens (including phenoxy) is 1. The predicted molar refractivity (Wildman–Crippen MR) is 75.2 cm³/mol. The van der Waals surface area contributed by atoms with Crippen LogP contribution in [-0.2, 0) is 6.42 Å². The highest BCUT2D eigenvalue weighted by Crippen LogP contribution is 2.32. The monoisotopic (exact) mass is 262 g/mol. The average Bonchev–Trinajstić information content (AvgIpc) is 2.31. The van der Waals surface area contributed by atoms with Gasteiger partial charge in [-0.2, -0.15) is 0 Å². The van der Waals surface area contributed by atoms with Crippen LogP contribution < -0.4 is 4.74 Å². The molecule has 1 aromatic rings. The van der Waals surface area contributed by atoms with Gasteiger partial charge in [-0.15, -0.1) is 5.54 Å². The Morgan fingerprint density at radius 2 is 2.06 bits per heavy atom. The number of fused-ring (bicyclic) bond motifs is 1. The molecule has 0 atom stereocenters. The van der Waals surface area contributed by atoms with Crippen LogP contribution in [0, 0.1) is 24.2 Å². The largest absolute Gasteiger partial charge is 0.490 e. The van der Waals surface area contributed by atoms with E-state index in [9.17, 15) is 4.39 Å². The first kappa shape index (κ1) is 13.2. The maximum absolute atomic E-state index is 14.0. The minimum atomic E-state index is -1.43. The molecule has 0 saturated heterocycles. The Morgan fingerprint density at radius 3 is 2.72 bits per heavy atom. The van der Waals surface area contributed by atoms with Crippen LogP contribution in [-0.4, -0.2) is 14.7 Å². The molecule has 1 heterocycles. The highest BCUT2D eigenvalue weighted by molar-refractivity contribution is 6.83. The minimum Gasteiger partial charge on any atom is -0.490 e. The molecule has 0 bridgehead atoms. The lowest BCUT2D eigenvalue weighted by Gasteiger charge is -2.20. The molecule has 0 fully saturated rings. The zero-order chi connectivity index (χ0) is 13.3. The van der Waals surface area contributed by atoms with E-state index in [0.29, 0.717) is 12.4 Å². The fourth-order valence-electron chi connectivity index (χ4n) is 2.04. The van der Waals surface area contributed by atoms with Gasteiger partial charge < -0.3 is 4.74 Å². The second kappa shape index (κ2) is 4.77. The molecule has 0 spiro atoms. The van der Waals surface area contributed by atoms with Gasteiger partial charge >= 0.3 is 0 Å². The number of hydrogen-bond acceptors (Lipinski definition) is 1. The molecule has 0 amide bonds. The van der Waals surface area contributed by atoms with Crippen molar-refractivity contribution in [3.8, 4) is 17.2 Å². The van der Waals surface area contributed by atoms with E-state index in [4.69, 9.17) is 4.74 Å². The van der Waals surface area contributed by atoms with Gasteiger partial charge in [0.1, 0.15) is 8.07 Å². The van der Waals surface area contributed by atoms with Crippen molar-refractivity contribution in [3.05, 3.63) is 28.6 Å². The molecule has 3 heteroatoms. The van der Waals surface area contributed by atoms with Crippen LogP contribution in [0.15, 0.2) is 6.07 Å². The van der Waals surface area contributed by atoms with E-state index in [1.165, 1.54) is 6.07 Å². The van der Waals surface area contributed by atoms with Crippen LogP contribution in [0.3, 0.4) is 0 Å². The van der Waals surface area contributed by atoms with Gasteiger partial charge in [-0.3, -0.25) is 0 Å². The lowest BCUT2D eigenvalue weighted by atomic mass is 9.96. The highest BCUT2D eigenvalue weighted by Gasteiger charge is 2.19. The Balaban J connectivity index is 2.50. The van der Waals surface area contributed by atoms with Crippen LogP contribution in [0.5, 0.6) is 5.75 Å². The van der Waals surface area contributed by atoms with Gasteiger partial charge in [0.25, 0.3) is 0 Å². The molecule has 0 N–H and O–H groups in total. The average molecular weight is 262 g/mol. The van der Waals surface area contributed by atoms with Crippen molar-refractivity contribution < 1.29 is 9.13 Å². The zero-order valence-electron chi connectivity index (χ0n) is 11.5. The molecule has 0 aromatic heterocycles. The summed E-state index contributed by atoms with van der Waals surface area (Å²) in [5.41, 5.74) is 6.19. The Labute approximate surface area is 109 Å². The fraction of sp³-hybridized carbons (Fsp3) is 0.467. The topological polar surface area (TPSA) is 9.23 Å². The van der Waals surface area contributed by atoms with Gasteiger partial charge in [0.15, 0.2) is 11.6 Å². The summed E-state index contributed by atoms with van der Waals surface area (Å²) in [5.74, 6) is 3.33. The number of halogens is 1. The van der Waals surface area contributed by atoms with Crippen LogP contribution in [0.1, 0.15) is 23.1 Å². The van der Waals surface area contributed by atoms with Crippen LogP contribution >= 0.6 is 0 Å². The zero-order valence-corrected chi connectivity index (χ0v) is 12.5. The van der Waals surface area contributed by atoms with Crippen molar-refractivity contribution >= 4 is 8.07 Å². The van der Waals surface area contributed by atoms with Crippen molar-refractivity contribution in [3.63, 3.8) is 0 Å². The molecule has 0 unspecified atom stereocenters. The molecule has 1 aliphatic rings. The smallest absolute Gasteiger partial charge is 0.166 e. The highest BCUT2D eigenvalue weighted by atomic mass is 28.3. The molecule has 18 heavy (non-hydrogen) atoms. The van der Waals surface area contributed by atoms with Crippen LogP contribution in [0.25, 0.3) is 0 Å². The van der Waals surface area contributed by atoms with E-state index in [2.05, 4.69) is 31.1 Å². The molecule has 1 aliphatic heterocycles. The second-order valence-electron chi connectivity index (χ2n) is 5.79. The van der Waals surface area contributed by atoms with Crippen molar-refractivity contribution in [2.75, 3.05) is 6.61 Å². The number of benzene rings is 1. The van der Waals surface area contributed by atoms with E-state index >= 15 is 0 Å². The van der Waals surface area contributed by atoms with Gasteiger partial charge in [0.2, 0.25) is 0 Å². The van der Waals surface area contributed by atoms with Crippen molar-refractivity contribution in [2.45, 2.75) is 39.4 Å². The quantitative estimate of drug-likeness (QED) is 0.512. The molecule has 0 radical (unpaired) electrons. The minimum absolute atomic E-state index is 0.268. The van der Waals surface area contributed by atoms with Gasteiger partial charge in [0, 0.05) is 11.1 Å². The summed E-state index contributed by atoms with van der Waals surface area (Å²) in [5, 5.41) is 0. The molecular formula is C15H19FOSi. The number of rotatable bonds is 0. The van der Waals surface area contributed by atoms with E-state index in [1.807, 2.05) is 6.92 Å². The second-order valence-corrected chi connectivity index (χ2v) is 10.5. The maximum Gasteiger partial charge on any atom is 0.166 e. The molecule has 0 saturated carbocycles. The fourth-order valence-corrected chi connectivity index (χ4v) is 2.55. The van der Waals surface area contributed by atoms with E-state index in [0.717, 1.165) is 29.5 Å². The SMILES string of the molecule is Cc1c(C#C[Si](C)(C)C)cc(F)c2c1CCCO2. The van der Waals surface area contributed by atoms with Crippen molar-refractivity contribution in [1.82, 2.24) is 0 Å². The summed E-state index contributed by atoms with van der Waals surface area (Å²) >= 11 is 0. The lowest BCUT2D eigenvalue weighted by molar-refractivity contribution is 0.272.